The van der Waals surface area contributed by atoms with E-state index in [2.05, 4.69) is 41.1 Å². The van der Waals surface area contributed by atoms with Crippen molar-refractivity contribution in [1.82, 2.24) is 19.5 Å². The lowest BCUT2D eigenvalue weighted by Crippen LogP contribution is -2.38. The van der Waals surface area contributed by atoms with E-state index in [1.54, 1.807) is 24.7 Å². The highest BCUT2D eigenvalue weighted by Gasteiger charge is 2.26. The van der Waals surface area contributed by atoms with Gasteiger partial charge in [-0.1, -0.05) is 15.9 Å². The minimum atomic E-state index is -0.450. The van der Waals surface area contributed by atoms with E-state index in [0.29, 0.717) is 30.4 Å². The van der Waals surface area contributed by atoms with Crippen molar-refractivity contribution in [3.8, 4) is 5.82 Å². The Balaban J connectivity index is 1.39. The summed E-state index contributed by atoms with van der Waals surface area (Å²) in [4.78, 5) is 27.6. The number of aromatic nitrogens is 4. The van der Waals surface area contributed by atoms with Crippen LogP contribution in [0.2, 0.25) is 0 Å². The topological polar surface area (TPSA) is 75.9 Å². The largest absolute Gasteiger partial charge is 0.356 e. The van der Waals surface area contributed by atoms with Gasteiger partial charge in [0.05, 0.1) is 5.69 Å². The maximum atomic E-state index is 14.0. The molecule has 1 fully saturated rings. The first-order valence-electron chi connectivity index (χ1n) is 9.34. The number of piperidine rings is 1. The molecular weight excluding hydrogens is 439 g/mol. The number of rotatable bonds is 4. The van der Waals surface area contributed by atoms with Crippen LogP contribution < -0.4 is 10.2 Å². The van der Waals surface area contributed by atoms with E-state index in [1.165, 1.54) is 6.07 Å². The van der Waals surface area contributed by atoms with Gasteiger partial charge in [0.2, 0.25) is 5.91 Å². The highest BCUT2D eigenvalue weighted by atomic mass is 79.9. The van der Waals surface area contributed by atoms with Crippen molar-refractivity contribution in [2.75, 3.05) is 23.3 Å². The van der Waals surface area contributed by atoms with E-state index in [1.807, 2.05) is 23.8 Å². The Kier molecular flexibility index (Phi) is 5.57. The molecule has 0 spiro atoms. The zero-order valence-corrected chi connectivity index (χ0v) is 17.4. The first-order valence-corrected chi connectivity index (χ1v) is 10.1. The van der Waals surface area contributed by atoms with Crippen LogP contribution in [-0.2, 0) is 4.79 Å². The summed E-state index contributed by atoms with van der Waals surface area (Å²) in [6, 6.07) is 6.53. The molecule has 0 unspecified atom stereocenters. The van der Waals surface area contributed by atoms with Crippen molar-refractivity contribution in [3.63, 3.8) is 0 Å². The molecule has 0 bridgehead atoms. The standard InChI is InChI=1S/C20H20BrFN6O/c1-13-23-6-9-28(13)19-11-18(24-12-25-19)27-7-4-14(5-8-27)20(29)26-17-3-2-15(21)10-16(17)22/h2-3,6,9-12,14H,4-5,7-8H2,1H3,(H,26,29). The minimum absolute atomic E-state index is 0.150. The summed E-state index contributed by atoms with van der Waals surface area (Å²) in [6.45, 7) is 3.31. The van der Waals surface area contributed by atoms with Crippen molar-refractivity contribution in [3.05, 3.63) is 59.1 Å². The molecular formula is C20H20BrFN6O. The number of carbonyl (C=O) groups is 1. The van der Waals surface area contributed by atoms with E-state index < -0.39 is 5.82 Å². The number of halogens is 2. The average molecular weight is 459 g/mol. The van der Waals surface area contributed by atoms with Crippen LogP contribution in [0.15, 0.2) is 47.5 Å². The number of aryl methyl sites for hydroxylation is 1. The van der Waals surface area contributed by atoms with E-state index >= 15 is 0 Å². The van der Waals surface area contributed by atoms with Gasteiger partial charge in [-0.25, -0.2) is 19.3 Å². The summed E-state index contributed by atoms with van der Waals surface area (Å²) in [7, 11) is 0. The van der Waals surface area contributed by atoms with E-state index in [4.69, 9.17) is 0 Å². The lowest BCUT2D eigenvalue weighted by molar-refractivity contribution is -0.120. The summed E-state index contributed by atoms with van der Waals surface area (Å²) < 4.78 is 16.5. The molecule has 0 radical (unpaired) electrons. The number of hydrogen-bond acceptors (Lipinski definition) is 5. The lowest BCUT2D eigenvalue weighted by atomic mass is 9.95. The van der Waals surface area contributed by atoms with Crippen LogP contribution in [0.25, 0.3) is 5.82 Å². The van der Waals surface area contributed by atoms with Gasteiger partial charge in [0, 0.05) is 41.9 Å². The van der Waals surface area contributed by atoms with Crippen LogP contribution in [-0.4, -0.2) is 38.5 Å². The van der Waals surface area contributed by atoms with Crippen molar-refractivity contribution in [1.29, 1.82) is 0 Å². The Labute approximate surface area is 176 Å². The summed E-state index contributed by atoms with van der Waals surface area (Å²) in [5.41, 5.74) is 0.205. The van der Waals surface area contributed by atoms with Crippen molar-refractivity contribution >= 4 is 33.3 Å². The van der Waals surface area contributed by atoms with E-state index in [9.17, 15) is 9.18 Å². The third-order valence-electron chi connectivity index (χ3n) is 5.09. The summed E-state index contributed by atoms with van der Waals surface area (Å²) in [5.74, 6) is 1.67. The number of hydrogen-bond donors (Lipinski definition) is 1. The molecule has 3 heterocycles. The van der Waals surface area contributed by atoms with Crippen LogP contribution in [0.4, 0.5) is 15.9 Å². The van der Waals surface area contributed by atoms with Crippen LogP contribution in [0.1, 0.15) is 18.7 Å². The van der Waals surface area contributed by atoms with Crippen molar-refractivity contribution < 1.29 is 9.18 Å². The Bertz CT molecular complexity index is 1030. The minimum Gasteiger partial charge on any atom is -0.356 e. The Morgan fingerprint density at radius 3 is 2.62 bits per heavy atom. The second-order valence-electron chi connectivity index (χ2n) is 6.95. The molecule has 1 aliphatic rings. The number of carbonyl (C=O) groups excluding carboxylic acids is 1. The zero-order valence-electron chi connectivity index (χ0n) is 15.8. The highest BCUT2D eigenvalue weighted by Crippen LogP contribution is 2.25. The normalized spacial score (nSPS) is 14.8. The van der Waals surface area contributed by atoms with E-state index in [0.717, 1.165) is 17.5 Å². The molecule has 29 heavy (non-hydrogen) atoms. The molecule has 7 nitrogen and oxygen atoms in total. The van der Waals surface area contributed by atoms with Gasteiger partial charge < -0.3 is 10.2 Å². The Morgan fingerprint density at radius 1 is 1.17 bits per heavy atom. The summed E-state index contributed by atoms with van der Waals surface area (Å²) in [6.07, 6.45) is 6.48. The Morgan fingerprint density at radius 2 is 1.93 bits per heavy atom. The first-order chi connectivity index (χ1) is 14.0. The quantitative estimate of drug-likeness (QED) is 0.644. The van der Waals surface area contributed by atoms with Crippen LogP contribution in [0.5, 0.6) is 0 Å². The smallest absolute Gasteiger partial charge is 0.227 e. The van der Waals surface area contributed by atoms with Gasteiger partial charge in [-0.15, -0.1) is 0 Å². The number of nitrogens with one attached hydrogen (secondary N) is 1. The number of benzene rings is 1. The molecule has 0 saturated carbocycles. The van der Waals surface area contributed by atoms with Gasteiger partial charge in [0.15, 0.2) is 0 Å². The van der Waals surface area contributed by atoms with Gasteiger partial charge in [0.1, 0.15) is 29.6 Å². The Hall–Kier alpha value is -2.81. The van der Waals surface area contributed by atoms with Crippen LogP contribution in [0.3, 0.4) is 0 Å². The van der Waals surface area contributed by atoms with E-state index in [-0.39, 0.29) is 17.5 Å². The van der Waals surface area contributed by atoms with Gasteiger partial charge in [-0.3, -0.25) is 9.36 Å². The van der Waals surface area contributed by atoms with Crippen molar-refractivity contribution in [2.24, 2.45) is 5.92 Å². The lowest BCUT2D eigenvalue weighted by Gasteiger charge is -2.32. The molecule has 2 aromatic heterocycles. The number of anilines is 2. The summed E-state index contributed by atoms with van der Waals surface area (Å²) >= 11 is 3.22. The molecule has 1 N–H and O–H groups in total. The molecule has 1 amide bonds. The average Bonchev–Trinajstić information content (AvgIpc) is 3.16. The fraction of sp³-hybridized carbons (Fsp3) is 0.300. The predicted molar refractivity (Wildman–Crippen MR) is 112 cm³/mol. The molecule has 1 aromatic carbocycles. The molecule has 1 saturated heterocycles. The van der Waals surface area contributed by atoms with Gasteiger partial charge in [0.25, 0.3) is 0 Å². The molecule has 4 rings (SSSR count). The SMILES string of the molecule is Cc1nccn1-c1cc(N2CCC(C(=O)Nc3ccc(Br)cc3F)CC2)ncn1. The first kappa shape index (κ1) is 19.5. The zero-order chi connectivity index (χ0) is 20.4. The summed E-state index contributed by atoms with van der Waals surface area (Å²) in [5, 5.41) is 2.71. The second kappa shape index (κ2) is 8.28. The third-order valence-corrected chi connectivity index (χ3v) is 5.58. The number of imidazole rings is 1. The molecule has 0 aliphatic carbocycles. The van der Waals surface area contributed by atoms with Gasteiger partial charge >= 0.3 is 0 Å². The monoisotopic (exact) mass is 458 g/mol. The van der Waals surface area contributed by atoms with Crippen LogP contribution >= 0.6 is 15.9 Å². The van der Waals surface area contributed by atoms with Gasteiger partial charge in [-0.05, 0) is 38.0 Å². The van der Waals surface area contributed by atoms with Crippen LogP contribution in [0, 0.1) is 18.7 Å². The third kappa shape index (κ3) is 4.29. The van der Waals surface area contributed by atoms with Crippen molar-refractivity contribution in [2.45, 2.75) is 19.8 Å². The molecule has 9 heteroatoms. The fourth-order valence-electron chi connectivity index (χ4n) is 3.46. The molecule has 150 valence electrons. The highest BCUT2D eigenvalue weighted by molar-refractivity contribution is 9.10. The maximum Gasteiger partial charge on any atom is 0.227 e. The fourth-order valence-corrected chi connectivity index (χ4v) is 3.79. The predicted octanol–water partition coefficient (Wildman–Crippen LogP) is 3.73. The second-order valence-corrected chi connectivity index (χ2v) is 7.87. The molecule has 1 aliphatic heterocycles. The number of amides is 1. The molecule has 0 atom stereocenters. The number of nitrogens with zero attached hydrogens (tertiary/aromatic N) is 5. The maximum absolute atomic E-state index is 14.0. The van der Waals surface area contributed by atoms with Gasteiger partial charge in [-0.2, -0.15) is 0 Å². The molecule has 3 aromatic rings.